The highest BCUT2D eigenvalue weighted by Crippen LogP contribution is 2.04. The van der Waals surface area contributed by atoms with Crippen LogP contribution < -0.4 is 5.32 Å². The van der Waals surface area contributed by atoms with Crippen molar-refractivity contribution in [3.8, 4) is 0 Å². The van der Waals surface area contributed by atoms with E-state index < -0.39 is 12.1 Å². The van der Waals surface area contributed by atoms with Crippen LogP contribution in [0, 0.1) is 0 Å². The number of amides is 1. The number of benzene rings is 1. The average Bonchev–Trinajstić information content (AvgIpc) is 2.38. The molecule has 1 aromatic rings. The molecule has 3 N–H and O–H groups in total. The van der Waals surface area contributed by atoms with Crippen LogP contribution in [0.4, 0.5) is 0 Å². The van der Waals surface area contributed by atoms with Gasteiger partial charge < -0.3 is 15.5 Å². The van der Waals surface area contributed by atoms with Crippen LogP contribution in [-0.2, 0) is 11.2 Å². The van der Waals surface area contributed by atoms with Crippen molar-refractivity contribution in [2.75, 3.05) is 6.54 Å². The molecule has 0 aliphatic rings. The molecule has 0 aliphatic heterocycles. The summed E-state index contributed by atoms with van der Waals surface area (Å²) in [5.41, 5.74) is 1.67. The number of carboxylic acid groups (broad SMARTS) is 1. The highest BCUT2D eigenvalue weighted by molar-refractivity contribution is 5.94. The van der Waals surface area contributed by atoms with Gasteiger partial charge in [0.1, 0.15) is 0 Å². The van der Waals surface area contributed by atoms with Gasteiger partial charge in [-0.2, -0.15) is 0 Å². The Labute approximate surface area is 105 Å². The zero-order chi connectivity index (χ0) is 13.5. The minimum absolute atomic E-state index is 0.00584. The minimum atomic E-state index is -1.44. The first kappa shape index (κ1) is 14.2. The first-order chi connectivity index (χ1) is 8.54. The Morgan fingerprint density at radius 3 is 2.39 bits per heavy atom. The third kappa shape index (κ3) is 4.18. The van der Waals surface area contributed by atoms with Crippen molar-refractivity contribution in [3.05, 3.63) is 35.4 Å². The fourth-order valence-corrected chi connectivity index (χ4v) is 1.44. The number of hydrogen-bond donors (Lipinski definition) is 3. The Kier molecular flexibility index (Phi) is 5.32. The second-order valence-corrected chi connectivity index (χ2v) is 3.95. The van der Waals surface area contributed by atoms with Gasteiger partial charge in [-0.15, -0.1) is 0 Å². The summed E-state index contributed by atoms with van der Waals surface area (Å²) in [4.78, 5) is 22.0. The maximum absolute atomic E-state index is 11.7. The van der Waals surface area contributed by atoms with Gasteiger partial charge in [0, 0.05) is 18.5 Å². The summed E-state index contributed by atoms with van der Waals surface area (Å²) >= 11 is 0. The van der Waals surface area contributed by atoms with Gasteiger partial charge in [0.15, 0.2) is 6.10 Å². The van der Waals surface area contributed by atoms with E-state index in [0.717, 1.165) is 12.0 Å². The van der Waals surface area contributed by atoms with Gasteiger partial charge in [-0.1, -0.05) is 19.1 Å². The molecule has 0 fully saturated rings. The molecule has 18 heavy (non-hydrogen) atoms. The zero-order valence-corrected chi connectivity index (χ0v) is 10.2. The number of carbonyl (C=O) groups is 2. The fraction of sp³-hybridized carbons (Fsp3) is 0.385. The van der Waals surface area contributed by atoms with Crippen molar-refractivity contribution in [3.63, 3.8) is 0 Å². The molecule has 1 amide bonds. The van der Waals surface area contributed by atoms with Crippen LogP contribution in [0.3, 0.4) is 0 Å². The number of aryl methyl sites for hydroxylation is 1. The Bertz CT molecular complexity index is 414. The molecule has 98 valence electrons. The summed E-state index contributed by atoms with van der Waals surface area (Å²) in [6, 6.07) is 7.20. The van der Waals surface area contributed by atoms with Crippen LogP contribution >= 0.6 is 0 Å². The average molecular weight is 251 g/mol. The van der Waals surface area contributed by atoms with Gasteiger partial charge in [-0.05, 0) is 24.1 Å². The first-order valence-electron chi connectivity index (χ1n) is 5.82. The monoisotopic (exact) mass is 251 g/mol. The number of aliphatic hydroxyl groups is 1. The van der Waals surface area contributed by atoms with Gasteiger partial charge >= 0.3 is 5.97 Å². The number of aliphatic hydroxyl groups excluding tert-OH is 1. The number of hydrogen-bond acceptors (Lipinski definition) is 3. The lowest BCUT2D eigenvalue weighted by Gasteiger charge is -2.07. The van der Waals surface area contributed by atoms with Crippen LogP contribution in [0.25, 0.3) is 0 Å². The largest absolute Gasteiger partial charge is 0.479 e. The summed E-state index contributed by atoms with van der Waals surface area (Å²) in [7, 11) is 0. The van der Waals surface area contributed by atoms with Gasteiger partial charge in [0.05, 0.1) is 0 Å². The molecule has 0 saturated carbocycles. The van der Waals surface area contributed by atoms with Gasteiger partial charge in [-0.3, -0.25) is 4.79 Å². The Morgan fingerprint density at radius 2 is 1.89 bits per heavy atom. The maximum Gasteiger partial charge on any atom is 0.332 e. The fourth-order valence-electron chi connectivity index (χ4n) is 1.44. The van der Waals surface area contributed by atoms with E-state index in [0.29, 0.717) is 5.56 Å². The van der Waals surface area contributed by atoms with Crippen LogP contribution in [0.2, 0.25) is 0 Å². The molecule has 5 heteroatoms. The van der Waals surface area contributed by atoms with Crippen molar-refractivity contribution in [2.45, 2.75) is 25.9 Å². The maximum atomic E-state index is 11.7. The molecule has 0 heterocycles. The quantitative estimate of drug-likeness (QED) is 0.698. The summed E-state index contributed by atoms with van der Waals surface area (Å²) in [6.45, 7) is 2.16. The summed E-state index contributed by atoms with van der Waals surface area (Å²) in [5.74, 6) is -1.55. The van der Waals surface area contributed by atoms with E-state index in [9.17, 15) is 9.59 Å². The summed E-state index contributed by atoms with van der Waals surface area (Å²) in [6.07, 6.45) is -0.534. The highest BCUT2D eigenvalue weighted by atomic mass is 16.4. The number of nitrogens with one attached hydrogen (secondary N) is 1. The second kappa shape index (κ2) is 6.76. The predicted molar refractivity (Wildman–Crippen MR) is 66.4 cm³/mol. The van der Waals surface area contributed by atoms with E-state index in [1.807, 2.05) is 19.1 Å². The van der Waals surface area contributed by atoms with E-state index in [1.165, 1.54) is 0 Å². The van der Waals surface area contributed by atoms with E-state index >= 15 is 0 Å². The molecular formula is C13H17NO4. The normalized spacial score (nSPS) is 11.9. The minimum Gasteiger partial charge on any atom is -0.479 e. The van der Waals surface area contributed by atoms with Crippen molar-refractivity contribution in [2.24, 2.45) is 0 Å². The lowest BCUT2D eigenvalue weighted by Crippen LogP contribution is -2.30. The van der Waals surface area contributed by atoms with E-state index in [-0.39, 0.29) is 18.9 Å². The van der Waals surface area contributed by atoms with Crippen LogP contribution in [0.1, 0.15) is 29.3 Å². The molecule has 0 radical (unpaired) electrons. The number of aliphatic carboxylic acids is 1. The smallest absolute Gasteiger partial charge is 0.332 e. The SMILES string of the molecule is CCc1ccc(C(=O)NCCC(O)C(=O)O)cc1. The summed E-state index contributed by atoms with van der Waals surface area (Å²) < 4.78 is 0. The van der Waals surface area contributed by atoms with Crippen LogP contribution in [0.15, 0.2) is 24.3 Å². The lowest BCUT2D eigenvalue weighted by atomic mass is 10.1. The van der Waals surface area contributed by atoms with Gasteiger partial charge in [0.2, 0.25) is 0 Å². The molecule has 1 aromatic carbocycles. The third-order valence-electron chi connectivity index (χ3n) is 2.61. The molecular weight excluding hydrogens is 234 g/mol. The topological polar surface area (TPSA) is 86.6 Å². The highest BCUT2D eigenvalue weighted by Gasteiger charge is 2.13. The predicted octanol–water partition coefficient (Wildman–Crippen LogP) is 0.814. The van der Waals surface area contributed by atoms with Gasteiger partial charge in [-0.25, -0.2) is 4.79 Å². The van der Waals surface area contributed by atoms with Crippen LogP contribution in [-0.4, -0.2) is 34.7 Å². The molecule has 0 aliphatic carbocycles. The summed E-state index contributed by atoms with van der Waals surface area (Å²) in [5, 5.41) is 20.0. The van der Waals surface area contributed by atoms with Crippen molar-refractivity contribution in [1.29, 1.82) is 0 Å². The Morgan fingerprint density at radius 1 is 1.28 bits per heavy atom. The van der Waals surface area contributed by atoms with E-state index in [1.54, 1.807) is 12.1 Å². The van der Waals surface area contributed by atoms with Gasteiger partial charge in [0.25, 0.3) is 5.91 Å². The van der Waals surface area contributed by atoms with E-state index in [4.69, 9.17) is 10.2 Å². The van der Waals surface area contributed by atoms with Crippen LogP contribution in [0.5, 0.6) is 0 Å². The standard InChI is InChI=1S/C13H17NO4/c1-2-9-3-5-10(6-4-9)12(16)14-8-7-11(15)13(17)18/h3-6,11,15H,2,7-8H2,1H3,(H,14,16)(H,17,18). The second-order valence-electron chi connectivity index (χ2n) is 3.95. The van der Waals surface area contributed by atoms with E-state index in [2.05, 4.69) is 5.32 Å². The molecule has 0 saturated heterocycles. The molecule has 1 atom stereocenters. The number of carboxylic acids is 1. The Hall–Kier alpha value is -1.88. The lowest BCUT2D eigenvalue weighted by molar-refractivity contribution is -0.146. The molecule has 0 aromatic heterocycles. The number of carbonyl (C=O) groups excluding carboxylic acids is 1. The molecule has 1 rings (SSSR count). The molecule has 1 unspecified atom stereocenters. The first-order valence-corrected chi connectivity index (χ1v) is 5.82. The number of rotatable bonds is 6. The zero-order valence-electron chi connectivity index (χ0n) is 10.2. The van der Waals surface area contributed by atoms with Crippen molar-refractivity contribution < 1.29 is 19.8 Å². The molecule has 0 spiro atoms. The Balaban J connectivity index is 2.42. The van der Waals surface area contributed by atoms with Crippen molar-refractivity contribution in [1.82, 2.24) is 5.32 Å². The molecule has 0 bridgehead atoms. The molecule has 5 nitrogen and oxygen atoms in total. The third-order valence-corrected chi connectivity index (χ3v) is 2.61. The van der Waals surface area contributed by atoms with Crippen molar-refractivity contribution >= 4 is 11.9 Å².